The molecular formula is C58H78O2. The minimum absolute atomic E-state index is 0.932. The number of furan rings is 2. The monoisotopic (exact) mass is 807 g/mol. The van der Waals surface area contributed by atoms with E-state index in [1.807, 2.05) is 0 Å². The van der Waals surface area contributed by atoms with Crippen molar-refractivity contribution in [2.75, 3.05) is 0 Å². The van der Waals surface area contributed by atoms with Gasteiger partial charge in [0.25, 0.3) is 0 Å². The second-order valence-electron chi connectivity index (χ2n) is 18.8. The number of unbranched alkanes of at least 4 members (excludes halogenated alkanes) is 26. The van der Waals surface area contributed by atoms with Crippen molar-refractivity contribution in [2.45, 2.75) is 206 Å². The molecule has 2 heteroatoms. The summed E-state index contributed by atoms with van der Waals surface area (Å²) in [6, 6.07) is 27.6. The molecule has 0 aliphatic heterocycles. The molecule has 2 nitrogen and oxygen atoms in total. The number of hydrogen-bond acceptors (Lipinski definition) is 2. The summed E-state index contributed by atoms with van der Waals surface area (Å²) in [5, 5.41) is 9.68. The van der Waals surface area contributed by atoms with Gasteiger partial charge in [-0.25, -0.2) is 0 Å². The summed E-state index contributed by atoms with van der Waals surface area (Å²) in [5.41, 5.74) is 6.66. The standard InChI is InChI=1S/C58H78O2/c1-3-5-7-9-11-13-15-17-19-21-23-25-27-29-31-45-33-35-47-39-51-53-43-58-54(44-57(53)59-55(51)41-49(47)37-45)52-40-48-36-34-46(38-50(48)42-56(52)60-58)32-30-28-26-24-22-20-18-16-14-12-10-8-6-4-2/h33-44H,3-32H2,1-2H3. The van der Waals surface area contributed by atoms with Crippen molar-refractivity contribution >= 4 is 65.4 Å². The number of rotatable bonds is 30. The van der Waals surface area contributed by atoms with Crippen molar-refractivity contribution < 1.29 is 8.83 Å². The van der Waals surface area contributed by atoms with Crippen LogP contribution in [0.15, 0.2) is 81.6 Å². The number of fused-ring (bicyclic) bond motifs is 8. The van der Waals surface area contributed by atoms with Gasteiger partial charge < -0.3 is 8.83 Å². The maximum absolute atomic E-state index is 6.58. The first kappa shape index (κ1) is 44.3. The largest absolute Gasteiger partial charge is 0.456 e. The molecule has 5 aromatic carbocycles. The molecule has 0 fully saturated rings. The summed E-state index contributed by atoms with van der Waals surface area (Å²) in [6.45, 7) is 4.60. The third-order valence-corrected chi connectivity index (χ3v) is 13.7. The first-order chi connectivity index (χ1) is 29.7. The maximum Gasteiger partial charge on any atom is 0.136 e. The Balaban J connectivity index is 0.874. The van der Waals surface area contributed by atoms with E-state index in [1.165, 1.54) is 212 Å². The topological polar surface area (TPSA) is 26.3 Å². The maximum atomic E-state index is 6.58. The highest BCUT2D eigenvalue weighted by Gasteiger charge is 2.15. The Bertz CT molecular complexity index is 2170. The Hall–Kier alpha value is -3.78. The summed E-state index contributed by atoms with van der Waals surface area (Å²) in [6.07, 6.45) is 41.6. The highest BCUT2D eigenvalue weighted by molar-refractivity contribution is 6.18. The lowest BCUT2D eigenvalue weighted by Gasteiger charge is -2.05. The summed E-state index contributed by atoms with van der Waals surface area (Å²) in [5.74, 6) is 0. The molecule has 60 heavy (non-hydrogen) atoms. The molecule has 0 aliphatic carbocycles. The molecule has 0 atom stereocenters. The Morgan fingerprint density at radius 2 is 0.550 bits per heavy atom. The third kappa shape index (κ3) is 12.6. The number of hydrogen-bond donors (Lipinski definition) is 0. The predicted octanol–water partition coefficient (Wildman–Crippen LogP) is 19.8. The SMILES string of the molecule is CCCCCCCCCCCCCCCCc1ccc2cc3c(cc2c1)oc1cc2c(cc13)oc1cc3cc(CCCCCCCCCCCCCCCC)ccc3cc12. The lowest BCUT2D eigenvalue weighted by molar-refractivity contribution is 0.535. The van der Waals surface area contributed by atoms with Crippen LogP contribution < -0.4 is 0 Å². The molecule has 0 bridgehead atoms. The minimum atomic E-state index is 0.932. The van der Waals surface area contributed by atoms with E-state index in [2.05, 4.69) is 86.6 Å². The van der Waals surface area contributed by atoms with Crippen LogP contribution in [0.5, 0.6) is 0 Å². The van der Waals surface area contributed by atoms with Gasteiger partial charge in [0, 0.05) is 21.5 Å². The molecule has 2 heterocycles. The van der Waals surface area contributed by atoms with Crippen LogP contribution in [-0.4, -0.2) is 0 Å². The lowest BCUT2D eigenvalue weighted by atomic mass is 9.99. The van der Waals surface area contributed by atoms with Crippen molar-refractivity contribution in [1.82, 2.24) is 0 Å². The van der Waals surface area contributed by atoms with Crippen LogP contribution in [0.4, 0.5) is 0 Å². The van der Waals surface area contributed by atoms with Gasteiger partial charge in [0.15, 0.2) is 0 Å². The molecule has 7 rings (SSSR count). The average Bonchev–Trinajstić information content (AvgIpc) is 3.79. The van der Waals surface area contributed by atoms with Gasteiger partial charge in [0.2, 0.25) is 0 Å². The second-order valence-corrected chi connectivity index (χ2v) is 18.8. The van der Waals surface area contributed by atoms with Crippen LogP contribution in [0.25, 0.3) is 65.4 Å². The van der Waals surface area contributed by atoms with Crippen LogP contribution in [0.2, 0.25) is 0 Å². The zero-order valence-corrected chi connectivity index (χ0v) is 38.0. The van der Waals surface area contributed by atoms with E-state index >= 15 is 0 Å². The minimum Gasteiger partial charge on any atom is -0.456 e. The summed E-state index contributed by atoms with van der Waals surface area (Å²) in [4.78, 5) is 0. The molecule has 0 amide bonds. The molecule has 0 aliphatic rings. The number of benzene rings is 5. The first-order valence-electron chi connectivity index (χ1n) is 25.4. The van der Waals surface area contributed by atoms with Gasteiger partial charge in [0.1, 0.15) is 22.3 Å². The molecule has 0 N–H and O–H groups in total. The van der Waals surface area contributed by atoms with Gasteiger partial charge in [-0.2, -0.15) is 0 Å². The van der Waals surface area contributed by atoms with Gasteiger partial charge in [-0.3, -0.25) is 0 Å². The van der Waals surface area contributed by atoms with Gasteiger partial charge in [-0.1, -0.05) is 217 Å². The van der Waals surface area contributed by atoms with E-state index in [0.717, 1.165) is 56.7 Å². The van der Waals surface area contributed by atoms with E-state index in [4.69, 9.17) is 8.83 Å². The third-order valence-electron chi connectivity index (χ3n) is 13.7. The van der Waals surface area contributed by atoms with Crippen LogP contribution >= 0.6 is 0 Å². The zero-order valence-electron chi connectivity index (χ0n) is 38.0. The van der Waals surface area contributed by atoms with Crippen LogP contribution in [0.3, 0.4) is 0 Å². The normalized spacial score (nSPS) is 12.2. The van der Waals surface area contributed by atoms with E-state index in [1.54, 1.807) is 0 Å². The van der Waals surface area contributed by atoms with Crippen LogP contribution in [-0.2, 0) is 12.8 Å². The molecular weight excluding hydrogens is 729 g/mol. The van der Waals surface area contributed by atoms with Crippen molar-refractivity contribution in [1.29, 1.82) is 0 Å². The fraction of sp³-hybridized carbons (Fsp3) is 0.552. The molecule has 0 saturated heterocycles. The van der Waals surface area contributed by atoms with Crippen molar-refractivity contribution in [2.24, 2.45) is 0 Å². The molecule has 0 saturated carbocycles. The van der Waals surface area contributed by atoms with Gasteiger partial charge in [0.05, 0.1) is 0 Å². The molecule has 0 unspecified atom stereocenters. The fourth-order valence-corrected chi connectivity index (χ4v) is 9.99. The van der Waals surface area contributed by atoms with E-state index < -0.39 is 0 Å². The molecule has 0 radical (unpaired) electrons. The first-order valence-corrected chi connectivity index (χ1v) is 25.4. The Morgan fingerprint density at radius 1 is 0.267 bits per heavy atom. The molecule has 0 spiro atoms. The van der Waals surface area contributed by atoms with Crippen LogP contribution in [0.1, 0.15) is 205 Å². The molecule has 7 aromatic rings. The Kier molecular flexibility index (Phi) is 17.7. The quantitative estimate of drug-likeness (QED) is 0.0423. The molecule has 322 valence electrons. The summed E-state index contributed by atoms with van der Waals surface area (Å²) < 4.78 is 13.2. The van der Waals surface area contributed by atoms with Gasteiger partial charge in [-0.05, 0) is 94.8 Å². The highest BCUT2D eigenvalue weighted by Crippen LogP contribution is 2.39. The van der Waals surface area contributed by atoms with Crippen molar-refractivity contribution in [3.63, 3.8) is 0 Å². The van der Waals surface area contributed by atoms with Crippen molar-refractivity contribution in [3.8, 4) is 0 Å². The van der Waals surface area contributed by atoms with Gasteiger partial charge >= 0.3 is 0 Å². The van der Waals surface area contributed by atoms with E-state index in [0.29, 0.717) is 0 Å². The summed E-state index contributed by atoms with van der Waals surface area (Å²) in [7, 11) is 0. The average molecular weight is 807 g/mol. The Morgan fingerprint density at radius 3 is 0.883 bits per heavy atom. The summed E-state index contributed by atoms with van der Waals surface area (Å²) >= 11 is 0. The lowest BCUT2D eigenvalue weighted by Crippen LogP contribution is -1.87. The van der Waals surface area contributed by atoms with Gasteiger partial charge in [-0.15, -0.1) is 0 Å². The number of aryl methyl sites for hydroxylation is 2. The van der Waals surface area contributed by atoms with Crippen molar-refractivity contribution in [3.05, 3.63) is 83.9 Å². The van der Waals surface area contributed by atoms with E-state index in [9.17, 15) is 0 Å². The predicted molar refractivity (Wildman–Crippen MR) is 264 cm³/mol. The fourth-order valence-electron chi connectivity index (χ4n) is 9.99. The van der Waals surface area contributed by atoms with Crippen LogP contribution in [0, 0.1) is 0 Å². The Labute approximate surface area is 363 Å². The smallest absolute Gasteiger partial charge is 0.136 e. The highest BCUT2D eigenvalue weighted by atomic mass is 16.3. The van der Waals surface area contributed by atoms with E-state index in [-0.39, 0.29) is 0 Å². The zero-order chi connectivity index (χ0) is 41.2. The molecule has 2 aromatic heterocycles. The second kappa shape index (κ2) is 24.0.